The largest absolute Gasteiger partial charge is 0.299 e. The Labute approximate surface area is 137 Å². The third kappa shape index (κ3) is 1.95. The van der Waals surface area contributed by atoms with Crippen LogP contribution >= 0.6 is 0 Å². The number of carbonyl (C=O) groups excluding carboxylic acids is 1. The molecule has 0 radical (unpaired) electrons. The molecule has 2 aliphatic carbocycles. The van der Waals surface area contributed by atoms with Gasteiger partial charge in [-0.05, 0) is 32.1 Å². The zero-order chi connectivity index (χ0) is 16.2. The van der Waals surface area contributed by atoms with Gasteiger partial charge < -0.3 is 0 Å². The molecule has 4 rings (SSSR count). The maximum Gasteiger partial charge on any atom is 0.235 e. The van der Waals surface area contributed by atoms with Crippen molar-refractivity contribution < 1.29 is 9.48 Å². The van der Waals surface area contributed by atoms with E-state index >= 15 is 0 Å². The van der Waals surface area contributed by atoms with Crippen LogP contribution in [-0.4, -0.2) is 10.9 Å². The smallest absolute Gasteiger partial charge is 0.235 e. The van der Waals surface area contributed by atoms with E-state index in [1.807, 2.05) is 6.07 Å². The first-order valence-electron chi connectivity index (χ1n) is 8.66. The van der Waals surface area contributed by atoms with Gasteiger partial charge in [0, 0.05) is 29.5 Å². The Bertz CT molecular complexity index is 759. The molecule has 0 spiro atoms. The number of para-hydroxylation sites is 1. The van der Waals surface area contributed by atoms with Crippen molar-refractivity contribution in [3.05, 3.63) is 47.8 Å². The van der Waals surface area contributed by atoms with Crippen LogP contribution in [0.4, 0.5) is 0 Å². The van der Waals surface area contributed by atoms with Crippen molar-refractivity contribution in [2.45, 2.75) is 51.9 Å². The lowest BCUT2D eigenvalue weighted by Gasteiger charge is -2.49. The fourth-order valence-electron chi connectivity index (χ4n) is 5.14. The monoisotopic (exact) mass is 309 g/mol. The van der Waals surface area contributed by atoms with Crippen molar-refractivity contribution in [1.29, 1.82) is 0 Å². The van der Waals surface area contributed by atoms with Crippen LogP contribution in [-0.2, 0) is 16.6 Å². The summed E-state index contributed by atoms with van der Waals surface area (Å²) in [5.41, 5.74) is 3.81. The zero-order valence-corrected chi connectivity index (χ0v) is 14.2. The van der Waals surface area contributed by atoms with Crippen molar-refractivity contribution in [3.63, 3.8) is 0 Å². The Morgan fingerprint density at radius 2 is 1.87 bits per heavy atom. The molecule has 0 amide bonds. The molecule has 2 atom stereocenters. The van der Waals surface area contributed by atoms with E-state index in [-0.39, 0.29) is 10.8 Å². The van der Waals surface area contributed by atoms with Crippen molar-refractivity contribution in [2.24, 2.45) is 11.3 Å². The van der Waals surface area contributed by atoms with E-state index in [4.69, 9.17) is 0 Å². The predicted octanol–water partition coefficient (Wildman–Crippen LogP) is 3.50. The lowest BCUT2D eigenvalue weighted by molar-refractivity contribution is -0.668. The molecule has 3 nitrogen and oxygen atoms in total. The Morgan fingerprint density at radius 3 is 2.61 bits per heavy atom. The topological polar surface area (TPSA) is 36.7 Å². The van der Waals surface area contributed by atoms with Crippen molar-refractivity contribution in [2.75, 3.05) is 0 Å². The van der Waals surface area contributed by atoms with Crippen LogP contribution in [0, 0.1) is 11.3 Å². The summed E-state index contributed by atoms with van der Waals surface area (Å²) in [6.45, 7) is 6.68. The molecule has 2 aromatic rings. The van der Waals surface area contributed by atoms with Gasteiger partial charge in [-0.15, -0.1) is 0 Å². The van der Waals surface area contributed by atoms with E-state index in [0.717, 1.165) is 19.3 Å². The van der Waals surface area contributed by atoms with E-state index < -0.39 is 0 Å². The third-order valence-electron chi connectivity index (χ3n) is 6.38. The molecule has 1 heterocycles. The summed E-state index contributed by atoms with van der Waals surface area (Å²) in [6, 6.07) is 10.5. The van der Waals surface area contributed by atoms with Gasteiger partial charge in [-0.1, -0.05) is 36.7 Å². The lowest BCUT2D eigenvalue weighted by atomic mass is 9.51. The molecule has 120 valence electrons. The molecule has 1 fully saturated rings. The van der Waals surface area contributed by atoms with Crippen LogP contribution in [0.3, 0.4) is 0 Å². The first-order valence-corrected chi connectivity index (χ1v) is 8.66. The number of hydrogen-bond donors (Lipinski definition) is 1. The second-order valence-electron chi connectivity index (χ2n) is 7.97. The summed E-state index contributed by atoms with van der Waals surface area (Å²) in [7, 11) is 0. The Hall–Kier alpha value is -1.90. The molecule has 3 heteroatoms. The summed E-state index contributed by atoms with van der Waals surface area (Å²) >= 11 is 0. The van der Waals surface area contributed by atoms with Gasteiger partial charge in [0.2, 0.25) is 11.4 Å². The van der Waals surface area contributed by atoms with Gasteiger partial charge in [-0.2, -0.15) is 5.10 Å². The van der Waals surface area contributed by atoms with Crippen molar-refractivity contribution >= 4 is 5.78 Å². The number of hydrogen-bond acceptors (Lipinski definition) is 1. The van der Waals surface area contributed by atoms with Crippen LogP contribution < -0.4 is 4.68 Å². The van der Waals surface area contributed by atoms with Crippen LogP contribution in [0.15, 0.2) is 36.5 Å². The van der Waals surface area contributed by atoms with Gasteiger partial charge in [0.15, 0.2) is 0 Å². The van der Waals surface area contributed by atoms with E-state index in [0.29, 0.717) is 18.1 Å². The Balaban J connectivity index is 1.89. The molecule has 0 saturated heterocycles. The number of carbonyl (C=O) groups is 1. The molecule has 23 heavy (non-hydrogen) atoms. The Kier molecular flexibility index (Phi) is 3.06. The molecule has 1 N–H and O–H groups in total. The number of fused-ring (bicyclic) bond motifs is 3. The molecule has 1 aromatic carbocycles. The number of benzene rings is 1. The number of aromatic amines is 1. The quantitative estimate of drug-likeness (QED) is 0.804. The number of nitrogens with one attached hydrogen (secondary N) is 1. The van der Waals surface area contributed by atoms with Crippen LogP contribution in [0.5, 0.6) is 0 Å². The third-order valence-corrected chi connectivity index (χ3v) is 6.38. The van der Waals surface area contributed by atoms with Gasteiger partial charge in [-0.3, -0.25) is 4.79 Å². The maximum atomic E-state index is 12.5. The van der Waals surface area contributed by atoms with Gasteiger partial charge in [0.25, 0.3) is 0 Å². The number of nitrogens with zero attached hydrogens (tertiary/aromatic N) is 1. The van der Waals surface area contributed by atoms with Gasteiger partial charge in [-0.25, -0.2) is 0 Å². The van der Waals surface area contributed by atoms with E-state index in [1.165, 1.54) is 16.9 Å². The van der Waals surface area contributed by atoms with Crippen LogP contribution in [0.2, 0.25) is 0 Å². The minimum Gasteiger partial charge on any atom is -0.299 e. The summed E-state index contributed by atoms with van der Waals surface area (Å²) < 4.78 is 2.24. The predicted molar refractivity (Wildman–Crippen MR) is 89.5 cm³/mol. The number of Topliss-reactive ketones (excluding diaryl/α,β-unsaturated/α-hetero) is 1. The highest BCUT2D eigenvalue weighted by molar-refractivity contribution is 5.86. The highest BCUT2D eigenvalue weighted by atomic mass is 16.1. The molecule has 2 aliphatic rings. The standard InChI is InChI=1S/C20H24N2O/c1-19(2)16-10-9-14-13-21-22(15-7-5-4-6-8-15)18(14)20(16,3)12-11-17(19)23/h4-8,13,16H,9-12H2,1-3H3/p+1/t16-,20-/m0/s1. The summed E-state index contributed by atoms with van der Waals surface area (Å²) in [4.78, 5) is 12.5. The molecular formula is C20H25N2O+. The van der Waals surface area contributed by atoms with Gasteiger partial charge in [0.05, 0.1) is 11.6 Å². The molecule has 0 bridgehead atoms. The SMILES string of the molecule is CC1(C)C(=O)CC[C@]2(C)c3c(c[nH][n+]3-c3ccccc3)CC[C@@H]12. The molecule has 0 unspecified atom stereocenters. The van der Waals surface area contributed by atoms with Crippen LogP contribution in [0.25, 0.3) is 5.69 Å². The maximum absolute atomic E-state index is 12.5. The summed E-state index contributed by atoms with van der Waals surface area (Å²) in [6.07, 6.45) is 5.97. The summed E-state index contributed by atoms with van der Waals surface area (Å²) in [5, 5.41) is 3.46. The Morgan fingerprint density at radius 1 is 1.13 bits per heavy atom. The second-order valence-corrected chi connectivity index (χ2v) is 7.97. The van der Waals surface area contributed by atoms with Crippen molar-refractivity contribution in [1.82, 2.24) is 5.10 Å². The van der Waals surface area contributed by atoms with E-state index in [9.17, 15) is 4.79 Å². The molecule has 0 aliphatic heterocycles. The summed E-state index contributed by atoms with van der Waals surface area (Å²) in [5.74, 6) is 0.847. The fourth-order valence-corrected chi connectivity index (χ4v) is 5.14. The number of rotatable bonds is 1. The lowest BCUT2D eigenvalue weighted by Crippen LogP contribution is -2.56. The van der Waals surface area contributed by atoms with E-state index in [2.05, 4.69) is 61.0 Å². The molecule has 1 saturated carbocycles. The normalized spacial score (nSPS) is 29.0. The van der Waals surface area contributed by atoms with Gasteiger partial charge in [0.1, 0.15) is 5.78 Å². The fraction of sp³-hybridized carbons (Fsp3) is 0.500. The minimum absolute atomic E-state index is 0.0564. The zero-order valence-electron chi connectivity index (χ0n) is 14.2. The van der Waals surface area contributed by atoms with E-state index in [1.54, 1.807) is 0 Å². The van der Waals surface area contributed by atoms with Crippen molar-refractivity contribution in [3.8, 4) is 5.69 Å². The molecular weight excluding hydrogens is 284 g/mol. The molecule has 1 aromatic heterocycles. The van der Waals surface area contributed by atoms with Gasteiger partial charge >= 0.3 is 0 Å². The minimum atomic E-state index is -0.226. The first kappa shape index (κ1) is 14.7. The highest BCUT2D eigenvalue weighted by Gasteiger charge is 2.58. The number of aryl methyl sites for hydroxylation is 1. The number of H-pyrrole nitrogens is 1. The first-order chi connectivity index (χ1) is 10.9. The van der Waals surface area contributed by atoms with Crippen LogP contribution in [0.1, 0.15) is 51.3 Å². The second kappa shape index (κ2) is 4.80. The average Bonchev–Trinajstić information content (AvgIpc) is 2.98. The number of ketones is 1. The highest BCUT2D eigenvalue weighted by Crippen LogP contribution is 2.54. The average molecular weight is 309 g/mol. The number of aromatic nitrogens is 2.